The summed E-state index contributed by atoms with van der Waals surface area (Å²) in [5.74, 6) is 0.584. The number of hydrogen-bond acceptors (Lipinski definition) is 5. The van der Waals surface area contributed by atoms with Gasteiger partial charge in [0.1, 0.15) is 5.82 Å². The Hall–Kier alpha value is -1.62. The van der Waals surface area contributed by atoms with E-state index >= 15 is 0 Å². The second kappa shape index (κ2) is 3.68. The van der Waals surface area contributed by atoms with Gasteiger partial charge in [-0.2, -0.15) is 0 Å². The maximum absolute atomic E-state index is 6.05. The Balaban J connectivity index is 2.40. The molecule has 94 valence electrons. The minimum Gasteiger partial charge on any atom is -0.382 e. The smallest absolute Gasteiger partial charge is 0.147 e. The molecule has 5 heteroatoms. The lowest BCUT2D eigenvalue weighted by Gasteiger charge is -2.34. The predicted octanol–water partition coefficient (Wildman–Crippen LogP) is 2.91. The lowest BCUT2D eigenvalue weighted by molar-refractivity contribution is 0.742. The summed E-state index contributed by atoms with van der Waals surface area (Å²) in [6.45, 7) is 6.30. The molecule has 0 saturated carbocycles. The van der Waals surface area contributed by atoms with Gasteiger partial charge in [0.2, 0.25) is 0 Å². The number of aromatic nitrogens is 2. The first-order valence-corrected chi connectivity index (χ1v) is 6.78. The first-order chi connectivity index (χ1) is 8.50. The van der Waals surface area contributed by atoms with Crippen molar-refractivity contribution in [3.63, 3.8) is 0 Å². The van der Waals surface area contributed by atoms with Crippen LogP contribution in [0, 0.1) is 13.8 Å². The molecule has 0 radical (unpaired) electrons. The van der Waals surface area contributed by atoms with Crippen molar-refractivity contribution in [1.29, 1.82) is 0 Å². The van der Waals surface area contributed by atoms with Crippen molar-refractivity contribution in [1.82, 2.24) is 9.97 Å². The van der Waals surface area contributed by atoms with Gasteiger partial charge in [-0.1, -0.05) is 0 Å². The Morgan fingerprint density at radius 1 is 1.39 bits per heavy atom. The van der Waals surface area contributed by atoms with Crippen LogP contribution in [0.1, 0.15) is 28.4 Å². The first-order valence-electron chi connectivity index (χ1n) is 5.96. The fourth-order valence-electron chi connectivity index (χ4n) is 2.54. The lowest BCUT2D eigenvalue weighted by Crippen LogP contribution is -2.27. The number of thiazole rings is 1. The number of nitrogen functional groups attached to an aromatic ring is 1. The molecule has 2 N–H and O–H groups in total. The number of nitrogens with zero attached hydrogens (tertiary/aromatic N) is 3. The second-order valence-corrected chi connectivity index (χ2v) is 6.02. The van der Waals surface area contributed by atoms with E-state index < -0.39 is 0 Å². The summed E-state index contributed by atoms with van der Waals surface area (Å²) in [5, 5.41) is 1.10. The summed E-state index contributed by atoms with van der Waals surface area (Å²) in [4.78, 5) is 12.5. The minimum absolute atomic E-state index is 0.296. The van der Waals surface area contributed by atoms with E-state index in [9.17, 15) is 0 Å². The summed E-state index contributed by atoms with van der Waals surface area (Å²) in [6.07, 6.45) is 1.83. The number of hydrogen-bond donors (Lipinski definition) is 1. The van der Waals surface area contributed by atoms with Crippen molar-refractivity contribution in [2.45, 2.75) is 26.8 Å². The summed E-state index contributed by atoms with van der Waals surface area (Å²) in [6, 6.07) is 0.296. The number of pyridine rings is 1. The van der Waals surface area contributed by atoms with E-state index in [1.165, 1.54) is 4.88 Å². The van der Waals surface area contributed by atoms with E-state index in [2.05, 4.69) is 42.7 Å². The van der Waals surface area contributed by atoms with Crippen molar-refractivity contribution in [3.05, 3.63) is 21.6 Å². The van der Waals surface area contributed by atoms with Gasteiger partial charge in [-0.15, -0.1) is 11.3 Å². The molecular formula is C13H16N4S. The third-order valence-corrected chi connectivity index (χ3v) is 4.72. The Kier molecular flexibility index (Phi) is 2.35. The van der Waals surface area contributed by atoms with Crippen molar-refractivity contribution in [3.8, 4) is 11.3 Å². The average molecular weight is 260 g/mol. The molecule has 4 nitrogen and oxygen atoms in total. The Bertz CT molecular complexity index is 632. The predicted molar refractivity (Wildman–Crippen MR) is 76.0 cm³/mol. The largest absolute Gasteiger partial charge is 0.382 e. The SMILES string of the molecule is Cc1nc2c(s1)C(C)N(C)c1c(N)ncc(C)c1-2. The van der Waals surface area contributed by atoms with Crippen LogP contribution in [0.5, 0.6) is 0 Å². The maximum Gasteiger partial charge on any atom is 0.147 e. The molecule has 3 rings (SSSR count). The number of nitrogens with two attached hydrogens (primary N) is 1. The molecule has 3 heterocycles. The van der Waals surface area contributed by atoms with Gasteiger partial charge in [0.15, 0.2) is 0 Å². The maximum atomic E-state index is 6.05. The van der Waals surface area contributed by atoms with Crippen molar-refractivity contribution < 1.29 is 0 Å². The van der Waals surface area contributed by atoms with Gasteiger partial charge < -0.3 is 10.6 Å². The highest BCUT2D eigenvalue weighted by molar-refractivity contribution is 7.12. The fraction of sp³-hybridized carbons (Fsp3) is 0.385. The van der Waals surface area contributed by atoms with Crippen LogP contribution < -0.4 is 10.6 Å². The van der Waals surface area contributed by atoms with Crippen LogP contribution in [0.3, 0.4) is 0 Å². The molecule has 0 saturated heterocycles. The number of anilines is 2. The van der Waals surface area contributed by atoms with Gasteiger partial charge in [-0.3, -0.25) is 0 Å². The molecule has 2 aromatic rings. The van der Waals surface area contributed by atoms with Crippen LogP contribution in [0.15, 0.2) is 6.20 Å². The van der Waals surface area contributed by atoms with Gasteiger partial charge in [0.25, 0.3) is 0 Å². The lowest BCUT2D eigenvalue weighted by atomic mass is 9.97. The van der Waals surface area contributed by atoms with E-state index in [0.717, 1.165) is 27.5 Å². The van der Waals surface area contributed by atoms with Gasteiger partial charge in [0, 0.05) is 18.8 Å². The number of fused-ring (bicyclic) bond motifs is 3. The second-order valence-electron chi connectivity index (χ2n) is 4.78. The minimum atomic E-state index is 0.296. The summed E-state index contributed by atoms with van der Waals surface area (Å²) in [5.41, 5.74) is 10.4. The Morgan fingerprint density at radius 2 is 2.11 bits per heavy atom. The van der Waals surface area contributed by atoms with E-state index in [-0.39, 0.29) is 0 Å². The van der Waals surface area contributed by atoms with Crippen LogP contribution in [0.2, 0.25) is 0 Å². The molecule has 0 amide bonds. The van der Waals surface area contributed by atoms with Gasteiger partial charge >= 0.3 is 0 Å². The molecular weight excluding hydrogens is 244 g/mol. The zero-order chi connectivity index (χ0) is 13.0. The van der Waals surface area contributed by atoms with E-state index in [1.54, 1.807) is 11.3 Å². The molecule has 1 aliphatic rings. The molecule has 18 heavy (non-hydrogen) atoms. The molecule has 1 atom stereocenters. The zero-order valence-corrected chi connectivity index (χ0v) is 11.8. The number of rotatable bonds is 0. The summed E-state index contributed by atoms with van der Waals surface area (Å²) >= 11 is 1.77. The Labute approximate surface area is 110 Å². The van der Waals surface area contributed by atoms with Crippen LogP contribution in [-0.4, -0.2) is 17.0 Å². The van der Waals surface area contributed by atoms with Crippen LogP contribution in [0.4, 0.5) is 11.5 Å². The van der Waals surface area contributed by atoms with Crippen LogP contribution in [-0.2, 0) is 0 Å². The molecule has 0 aromatic carbocycles. The van der Waals surface area contributed by atoms with Crippen molar-refractivity contribution >= 4 is 22.8 Å². The van der Waals surface area contributed by atoms with Crippen LogP contribution >= 0.6 is 11.3 Å². The highest BCUT2D eigenvalue weighted by atomic mass is 32.1. The van der Waals surface area contributed by atoms with E-state index in [0.29, 0.717) is 11.9 Å². The van der Waals surface area contributed by atoms with Crippen molar-refractivity contribution in [2.75, 3.05) is 17.7 Å². The molecule has 1 unspecified atom stereocenters. The van der Waals surface area contributed by atoms with Gasteiger partial charge in [-0.05, 0) is 26.3 Å². The first kappa shape index (κ1) is 11.5. The van der Waals surface area contributed by atoms with Gasteiger partial charge in [0.05, 0.1) is 27.3 Å². The third-order valence-electron chi connectivity index (χ3n) is 3.58. The summed E-state index contributed by atoms with van der Waals surface area (Å²) < 4.78 is 0. The Morgan fingerprint density at radius 3 is 2.83 bits per heavy atom. The highest BCUT2D eigenvalue weighted by Gasteiger charge is 2.32. The molecule has 1 aliphatic heterocycles. The standard InChI is InChI=1S/C13H16N4S/c1-6-5-15-13(14)11-9(6)10-12(7(2)17(11)4)18-8(3)16-10/h5,7H,1-4H3,(H2,14,15). The molecule has 0 fully saturated rings. The van der Waals surface area contributed by atoms with Crippen molar-refractivity contribution in [2.24, 2.45) is 0 Å². The molecule has 2 aromatic heterocycles. The monoisotopic (exact) mass is 260 g/mol. The molecule has 0 spiro atoms. The highest BCUT2D eigenvalue weighted by Crippen LogP contribution is 2.48. The third kappa shape index (κ3) is 1.37. The number of aryl methyl sites for hydroxylation is 2. The fourth-order valence-corrected chi connectivity index (χ4v) is 3.57. The topological polar surface area (TPSA) is 55.0 Å². The van der Waals surface area contributed by atoms with E-state index in [4.69, 9.17) is 5.73 Å². The van der Waals surface area contributed by atoms with E-state index in [1.807, 2.05) is 6.20 Å². The molecule has 0 bridgehead atoms. The van der Waals surface area contributed by atoms with Crippen LogP contribution in [0.25, 0.3) is 11.3 Å². The normalized spacial score (nSPS) is 17.6. The average Bonchev–Trinajstić information content (AvgIpc) is 2.71. The summed E-state index contributed by atoms with van der Waals surface area (Å²) in [7, 11) is 2.07. The zero-order valence-electron chi connectivity index (χ0n) is 11.0. The molecule has 0 aliphatic carbocycles. The quantitative estimate of drug-likeness (QED) is 0.791. The van der Waals surface area contributed by atoms with Gasteiger partial charge in [-0.25, -0.2) is 9.97 Å².